The number of nitrogens with zero attached hydrogens (tertiary/aromatic N) is 1. The summed E-state index contributed by atoms with van der Waals surface area (Å²) in [6.45, 7) is 36.9. The summed E-state index contributed by atoms with van der Waals surface area (Å²) in [7, 11) is 10.0. The molecule has 0 aromatic carbocycles. The van der Waals surface area contributed by atoms with E-state index >= 15 is 0 Å². The minimum absolute atomic E-state index is 0.0492. The number of aliphatic hydroxyl groups is 7. The van der Waals surface area contributed by atoms with E-state index in [4.69, 9.17) is 79.3 Å². The van der Waals surface area contributed by atoms with Crippen molar-refractivity contribution in [2.75, 3.05) is 62.9 Å². The van der Waals surface area contributed by atoms with E-state index in [-0.39, 0.29) is 80.0 Å². The fraction of sp³-hybridized carbons (Fsp3) is 0.949. The number of nitrogens with one attached hydrogen (secondary N) is 1. The Morgan fingerprint density at radius 3 is 1.20 bits per heavy atom. The van der Waals surface area contributed by atoms with Gasteiger partial charge in [-0.2, -0.15) is 0 Å². The van der Waals surface area contributed by atoms with Crippen molar-refractivity contribution in [2.24, 2.45) is 53.3 Å². The molecule has 6 rings (SSSR count). The van der Waals surface area contributed by atoms with Gasteiger partial charge in [0.25, 0.3) is 0 Å². The summed E-state index contributed by atoms with van der Waals surface area (Å²) in [6, 6.07) is -0.459. The molecule has 33 heteroatoms. The van der Waals surface area contributed by atoms with Gasteiger partial charge in [-0.1, -0.05) is 62.3 Å². The van der Waals surface area contributed by atoms with E-state index in [0.29, 0.717) is 25.5 Å². The van der Waals surface area contributed by atoms with Crippen molar-refractivity contribution < 1.29 is 139 Å². The van der Waals surface area contributed by atoms with Gasteiger partial charge in [-0.15, -0.1) is 0 Å². The lowest BCUT2D eigenvalue weighted by atomic mass is 9.73. The number of hydrogen-bond donors (Lipinski definition) is 8. The van der Waals surface area contributed by atoms with Crippen molar-refractivity contribution in [2.45, 2.75) is 359 Å². The maximum Gasteiger partial charge on any atom is 0.311 e. The zero-order chi connectivity index (χ0) is 85.8. The summed E-state index contributed by atoms with van der Waals surface area (Å²) in [5.74, 6) is -8.62. The Hall–Kier alpha value is -1.19. The SMILES string of the molecule is CC[C@H]1OC(=O)[C@H](C)[C@@H](O[C@H]2C[C@@](C)(OC)[C@@H](C)[C@H](C)O2)[C@H](C)[C@@H](O[C@@H]2O[C@H](C)C[C@H]([NH+](C)C)[C@H]2O)[C@@](C)(OC)C[C@H](C)C(=O)[C@H](C)[C@@H](O)[C@]1(C)O.CC[C@H]1OC(=O)[C@H](C)[C@@H](O[C@H]2C[C@@](C)(OC)[C@@H](O)[C@H](C)O2)[C@H](C)[C@@H](O[C@@H]2O[C@H](C)C[C@H](N(C)C)[C@H]2O)[C@@](C)(OC)C[C@H](C)C(=O)[C@H](C)[C@@H](O)[C@]1(C)O.CS(=O)(=O)[O-].II. The van der Waals surface area contributed by atoms with Gasteiger partial charge in [0, 0.05) is 139 Å². The van der Waals surface area contributed by atoms with Crippen LogP contribution in [0.15, 0.2) is 0 Å². The van der Waals surface area contributed by atoms with Gasteiger partial charge in [0.05, 0.1) is 119 Å². The topological polar surface area (TPSA) is 404 Å². The molecule has 6 fully saturated rings. The zero-order valence-electron chi connectivity index (χ0n) is 71.8. The molecule has 8 N–H and O–H groups in total. The molecule has 0 amide bonds. The van der Waals surface area contributed by atoms with Gasteiger partial charge >= 0.3 is 11.9 Å². The predicted octanol–water partition coefficient (Wildman–Crippen LogP) is 5.67. The third-order valence-electron chi connectivity index (χ3n) is 25.2. The molecule has 0 radical (unpaired) electrons. The summed E-state index contributed by atoms with van der Waals surface area (Å²) in [5, 5.41) is 80.3. The Morgan fingerprint density at radius 2 is 0.856 bits per heavy atom. The van der Waals surface area contributed by atoms with Crippen LogP contribution in [0.2, 0.25) is 0 Å². The van der Waals surface area contributed by atoms with Gasteiger partial charge < -0.3 is 116 Å². The number of Topliss-reactive ketones (excluding diaryl/α,β-unsaturated/α-hetero) is 2. The minimum atomic E-state index is -3.92. The molecule has 36 atom stereocenters. The fourth-order valence-corrected chi connectivity index (χ4v) is 17.4. The molecule has 654 valence electrons. The van der Waals surface area contributed by atoms with Gasteiger partial charge in [-0.25, -0.2) is 8.42 Å². The van der Waals surface area contributed by atoms with Crippen LogP contribution in [0.5, 0.6) is 0 Å². The van der Waals surface area contributed by atoms with E-state index in [1.54, 1.807) is 83.3 Å². The molecule has 0 bridgehead atoms. The van der Waals surface area contributed by atoms with Crippen LogP contribution in [0.1, 0.15) is 197 Å². The lowest BCUT2D eigenvalue weighted by molar-refractivity contribution is -0.893. The highest BCUT2D eigenvalue weighted by Crippen LogP contribution is 2.46. The second-order valence-corrected chi connectivity index (χ2v) is 35.9. The number of quaternary nitrogens is 1. The lowest BCUT2D eigenvalue weighted by Gasteiger charge is -2.50. The number of halogens is 2. The Bertz CT molecular complexity index is 2820. The predicted molar refractivity (Wildman–Crippen MR) is 428 cm³/mol. The molecule has 6 aliphatic heterocycles. The van der Waals surface area contributed by atoms with E-state index in [2.05, 4.69) is 44.2 Å². The average Bonchev–Trinajstić information content (AvgIpc) is 0.770. The summed E-state index contributed by atoms with van der Waals surface area (Å²) >= 11 is 4.24. The first-order valence-corrected chi connectivity index (χ1v) is 47.4. The number of carbonyl (C=O) groups is 4. The second kappa shape index (κ2) is 43.3. The molecular weight excluding hydrogens is 1700 g/mol. The van der Waals surface area contributed by atoms with E-state index in [1.165, 1.54) is 35.2 Å². The number of esters is 2. The Balaban J connectivity index is 0.000000530. The normalized spacial score (nSPS) is 46.5. The number of ketones is 2. The van der Waals surface area contributed by atoms with Crippen molar-refractivity contribution in [3.8, 4) is 0 Å². The highest BCUT2D eigenvalue weighted by atomic mass is 128. The number of methoxy groups -OCH3 is 4. The summed E-state index contributed by atoms with van der Waals surface area (Å²) < 4.78 is 116. The third-order valence-corrected chi connectivity index (χ3v) is 25.2. The number of carbonyl (C=O) groups excluding carboxylic acids is 4. The average molecular weight is 1840 g/mol. The number of hydrogen-bond acceptors (Lipinski definition) is 29. The monoisotopic (exact) mass is 1840 g/mol. The van der Waals surface area contributed by atoms with Crippen LogP contribution in [-0.2, 0) is 95.6 Å². The number of likely N-dealkylation sites (N-methyl/N-ethyl adjacent to an activating group) is 2. The van der Waals surface area contributed by atoms with Gasteiger partial charge in [-0.3, -0.25) is 19.2 Å². The molecule has 6 saturated heterocycles. The van der Waals surface area contributed by atoms with Gasteiger partial charge in [0.1, 0.15) is 53.2 Å². The van der Waals surface area contributed by atoms with Crippen LogP contribution >= 0.6 is 37.2 Å². The maximum absolute atomic E-state index is 14.2. The van der Waals surface area contributed by atoms with E-state index < -0.39 is 201 Å². The van der Waals surface area contributed by atoms with Crippen LogP contribution in [-0.4, -0.2) is 302 Å². The first kappa shape index (κ1) is 104. The van der Waals surface area contributed by atoms with Crippen molar-refractivity contribution in [3.05, 3.63) is 0 Å². The van der Waals surface area contributed by atoms with Gasteiger partial charge in [0.2, 0.25) is 0 Å². The minimum Gasteiger partial charge on any atom is -0.748 e. The van der Waals surface area contributed by atoms with Crippen LogP contribution in [0.25, 0.3) is 0 Å². The molecule has 0 aromatic rings. The van der Waals surface area contributed by atoms with Crippen LogP contribution in [0.4, 0.5) is 0 Å². The summed E-state index contributed by atoms with van der Waals surface area (Å²) in [6.07, 6.45) is -14.5. The van der Waals surface area contributed by atoms with Crippen molar-refractivity contribution in [3.63, 3.8) is 0 Å². The van der Waals surface area contributed by atoms with E-state index in [9.17, 15) is 54.9 Å². The van der Waals surface area contributed by atoms with Crippen molar-refractivity contribution >= 4 is 70.9 Å². The highest BCUT2D eigenvalue weighted by molar-refractivity contribution is 15.0. The number of aliphatic hydroxyl groups excluding tert-OH is 5. The molecule has 30 nitrogen and oxygen atoms in total. The maximum atomic E-state index is 14.2. The number of ether oxygens (including phenoxy) is 14. The first-order chi connectivity index (χ1) is 51.0. The molecule has 0 aliphatic carbocycles. The van der Waals surface area contributed by atoms with Crippen molar-refractivity contribution in [1.82, 2.24) is 4.90 Å². The quantitative estimate of drug-likeness (QED) is 0.0524. The fourth-order valence-electron chi connectivity index (χ4n) is 17.4. The molecule has 0 unspecified atom stereocenters. The van der Waals surface area contributed by atoms with Crippen LogP contribution in [0.3, 0.4) is 0 Å². The zero-order valence-corrected chi connectivity index (χ0v) is 76.9. The van der Waals surface area contributed by atoms with E-state index in [1.807, 2.05) is 81.6 Å². The van der Waals surface area contributed by atoms with Crippen LogP contribution < -0.4 is 4.90 Å². The van der Waals surface area contributed by atoms with Crippen molar-refractivity contribution in [1.29, 1.82) is 0 Å². The molecule has 0 aromatic heterocycles. The first-order valence-electron chi connectivity index (χ1n) is 39.3. The smallest absolute Gasteiger partial charge is 0.311 e. The Morgan fingerprint density at radius 1 is 0.514 bits per heavy atom. The van der Waals surface area contributed by atoms with Gasteiger partial charge in [-0.05, 0) is 129 Å². The van der Waals surface area contributed by atoms with Crippen LogP contribution in [0, 0.1) is 53.3 Å². The second-order valence-electron chi connectivity index (χ2n) is 34.5. The summed E-state index contributed by atoms with van der Waals surface area (Å²) in [4.78, 5) is 59.3. The molecular formula is C78H144I2N2O28S. The third kappa shape index (κ3) is 25.9. The molecule has 0 spiro atoms. The highest BCUT2D eigenvalue weighted by Gasteiger charge is 2.58. The Kier molecular flexibility index (Phi) is 40.6. The van der Waals surface area contributed by atoms with Gasteiger partial charge in [0.15, 0.2) is 31.3 Å². The summed E-state index contributed by atoms with van der Waals surface area (Å²) in [5.41, 5.74) is -7.97. The molecule has 0 saturated carbocycles. The van der Waals surface area contributed by atoms with E-state index in [0.717, 1.165) is 4.90 Å². The standard InChI is InChI=1S/C39H71NO12.C38H69NO13.CH4O3S.I2/c1-16-28-39(11,45)33(43)22(4)30(41)20(2)18-38(10,47-15)34(52-36-31(42)27(40(12)13)17-21(3)48-36)23(5)32(24(6)35(44)50-28)51-29-19-37(9,46-14)25(7)26(8)49-29;1-15-26-38(10,45)31(42)21(4)28(40)19(2)17-37(9,47-14)33(52-35-29(41)25(39(11)12)16-20(3)48-35)22(5)30(23(6)34(44)50-26)51-27-18-36(8,46-13)32(43)24(7)49-27;1-5(2,3)4;1-2/h20-29,31-34,36,42-43,45H,16-19H2,1-15H3;19-27,29-33,35,41-43,45H,15-18H2,1-14H3;1H3,(H,2,3,4);/t20-,21+,22-,23-,24+,25-,26-,27-,28+,29-,31+,32-,33+,34+,36-,37+,38-,39+;19-,20+,21-,22-,23+,24-,25-,26+,27-,29+,30-,31+,32-,33+,35-,36+,37-,38+;;/m00../s1. The molecule has 6 heterocycles. The molecule has 6 aliphatic rings. The largest absolute Gasteiger partial charge is 0.748 e. The lowest BCUT2D eigenvalue weighted by Crippen LogP contribution is -3.12. The molecule has 111 heavy (non-hydrogen) atoms. The number of rotatable bonds is 16. The Labute approximate surface area is 685 Å². The number of cyclic esters (lactones) is 2.